The number of ether oxygens (including phenoxy) is 2. The summed E-state index contributed by atoms with van der Waals surface area (Å²) in [6, 6.07) is 12.9. The Labute approximate surface area is 207 Å². The Balaban J connectivity index is 1.41. The molecule has 4 rings (SSSR count). The normalized spacial score (nSPS) is 14.9. The van der Waals surface area contributed by atoms with Gasteiger partial charge in [0.1, 0.15) is 11.5 Å². The zero-order valence-electron chi connectivity index (χ0n) is 18.7. The van der Waals surface area contributed by atoms with E-state index in [-0.39, 0.29) is 5.25 Å². The molecule has 176 valence electrons. The zero-order valence-corrected chi connectivity index (χ0v) is 21.9. The molecule has 1 aliphatic rings. The third-order valence-corrected chi connectivity index (χ3v) is 9.83. The maximum atomic E-state index is 13.1. The molecule has 0 aliphatic carbocycles. The molecule has 6 nitrogen and oxygen atoms in total. The first-order valence-corrected chi connectivity index (χ1v) is 14.3. The molecule has 1 fully saturated rings. The molecule has 0 atom stereocenters. The van der Waals surface area contributed by atoms with Crippen molar-refractivity contribution in [2.75, 3.05) is 32.2 Å². The van der Waals surface area contributed by atoms with Gasteiger partial charge in [-0.2, -0.15) is 0 Å². The van der Waals surface area contributed by atoms with Crippen LogP contribution >= 0.6 is 27.3 Å². The number of thiazole rings is 1. The van der Waals surface area contributed by atoms with Crippen molar-refractivity contribution in [3.8, 4) is 11.5 Å². The number of methoxy groups -OCH3 is 2. The molecule has 2 aromatic carbocycles. The summed E-state index contributed by atoms with van der Waals surface area (Å²) < 4.78 is 37.0. The van der Waals surface area contributed by atoms with Gasteiger partial charge in [-0.05, 0) is 48.7 Å². The summed E-state index contributed by atoms with van der Waals surface area (Å²) >= 11 is 5.00. The minimum atomic E-state index is -3.33. The van der Waals surface area contributed by atoms with E-state index in [4.69, 9.17) is 14.5 Å². The van der Waals surface area contributed by atoms with Gasteiger partial charge in [-0.15, -0.1) is 11.3 Å². The van der Waals surface area contributed by atoms with Crippen molar-refractivity contribution in [3.05, 3.63) is 64.7 Å². The van der Waals surface area contributed by atoms with Gasteiger partial charge in [0.15, 0.2) is 15.0 Å². The van der Waals surface area contributed by atoms with Crippen molar-refractivity contribution in [1.29, 1.82) is 0 Å². The quantitative estimate of drug-likeness (QED) is 0.364. The molecule has 3 aromatic rings. The highest BCUT2D eigenvalue weighted by Crippen LogP contribution is 2.31. The van der Waals surface area contributed by atoms with Crippen molar-refractivity contribution < 1.29 is 17.9 Å². The van der Waals surface area contributed by atoms with Gasteiger partial charge >= 0.3 is 0 Å². The monoisotopic (exact) mass is 550 g/mol. The minimum Gasteiger partial charge on any atom is -0.497 e. The number of alkyl halides is 1. The van der Waals surface area contributed by atoms with Crippen LogP contribution in [-0.2, 0) is 21.6 Å². The van der Waals surface area contributed by atoms with Gasteiger partial charge in [0.05, 0.1) is 30.1 Å². The van der Waals surface area contributed by atoms with Crippen molar-refractivity contribution in [2.45, 2.75) is 34.7 Å². The lowest BCUT2D eigenvalue weighted by Gasteiger charge is -2.31. The Morgan fingerprint density at radius 1 is 1.09 bits per heavy atom. The van der Waals surface area contributed by atoms with Crippen LogP contribution < -0.4 is 14.4 Å². The van der Waals surface area contributed by atoms with Gasteiger partial charge in [0.2, 0.25) is 0 Å². The number of hydrogen-bond donors (Lipinski definition) is 0. The van der Waals surface area contributed by atoms with E-state index in [0.717, 1.165) is 33.5 Å². The molecular formula is C24H27BrN2O4S2. The average Bonchev–Trinajstić information content (AvgIpc) is 3.32. The minimum absolute atomic E-state index is 0.357. The molecule has 0 N–H and O–H groups in total. The van der Waals surface area contributed by atoms with Crippen LogP contribution in [0, 0.1) is 0 Å². The van der Waals surface area contributed by atoms with Gasteiger partial charge in [-0.3, -0.25) is 0 Å². The fourth-order valence-electron chi connectivity index (χ4n) is 4.06. The molecular weight excluding hydrogens is 524 g/mol. The second-order valence-electron chi connectivity index (χ2n) is 7.98. The maximum absolute atomic E-state index is 13.1. The van der Waals surface area contributed by atoms with E-state index in [9.17, 15) is 8.42 Å². The third-order valence-electron chi connectivity index (χ3n) is 5.96. The Morgan fingerprint density at radius 2 is 1.82 bits per heavy atom. The van der Waals surface area contributed by atoms with E-state index in [0.29, 0.717) is 42.6 Å². The predicted octanol–water partition coefficient (Wildman–Crippen LogP) is 5.09. The van der Waals surface area contributed by atoms with Gasteiger partial charge in [-0.1, -0.05) is 28.1 Å². The topological polar surface area (TPSA) is 68.7 Å². The van der Waals surface area contributed by atoms with Crippen molar-refractivity contribution in [1.82, 2.24) is 4.98 Å². The zero-order chi connectivity index (χ0) is 23.4. The lowest BCUT2D eigenvalue weighted by Crippen LogP contribution is -2.39. The Hall–Kier alpha value is -2.10. The Kier molecular flexibility index (Phi) is 7.61. The summed E-state index contributed by atoms with van der Waals surface area (Å²) in [5.74, 6) is 1.59. The summed E-state index contributed by atoms with van der Waals surface area (Å²) in [4.78, 5) is 7.42. The summed E-state index contributed by atoms with van der Waals surface area (Å²) in [6.45, 7) is 1.36. The summed E-state index contributed by atoms with van der Waals surface area (Å²) in [7, 11) is -0.0209. The first-order chi connectivity index (χ1) is 15.9. The number of rotatable bonds is 8. The van der Waals surface area contributed by atoms with Gasteiger partial charge in [0, 0.05) is 35.8 Å². The molecule has 1 aromatic heterocycles. The molecule has 0 spiro atoms. The second-order valence-corrected chi connectivity index (χ2v) is 11.6. The second kappa shape index (κ2) is 10.4. The number of halogens is 1. The average molecular weight is 552 g/mol. The molecule has 0 saturated carbocycles. The number of benzene rings is 2. The summed E-state index contributed by atoms with van der Waals surface area (Å²) in [5.41, 5.74) is 3.04. The van der Waals surface area contributed by atoms with E-state index in [1.807, 2.05) is 30.3 Å². The lowest BCUT2D eigenvalue weighted by atomic mass is 10.1. The van der Waals surface area contributed by atoms with E-state index >= 15 is 0 Å². The van der Waals surface area contributed by atoms with Crippen LogP contribution in [0.3, 0.4) is 0 Å². The number of anilines is 1. The molecule has 0 amide bonds. The number of sulfone groups is 1. The highest BCUT2D eigenvalue weighted by Gasteiger charge is 2.32. The number of aromatic nitrogens is 1. The Morgan fingerprint density at radius 3 is 2.45 bits per heavy atom. The number of piperidine rings is 1. The summed E-state index contributed by atoms with van der Waals surface area (Å²) in [6.07, 6.45) is 1.84. The largest absolute Gasteiger partial charge is 0.497 e. The van der Waals surface area contributed by atoms with E-state index in [1.54, 1.807) is 37.7 Å². The Bertz CT molecular complexity index is 1190. The SMILES string of the molecule is COc1ccc(OC)c(Cc2csc(N3CCC(S(=O)(=O)c4ccc(CBr)cc4)CC3)n2)c1. The molecule has 0 radical (unpaired) electrons. The smallest absolute Gasteiger partial charge is 0.185 e. The number of hydrogen-bond acceptors (Lipinski definition) is 7. The van der Waals surface area contributed by atoms with E-state index in [2.05, 4.69) is 26.2 Å². The highest BCUT2D eigenvalue weighted by atomic mass is 79.9. The van der Waals surface area contributed by atoms with Gasteiger partial charge in [-0.25, -0.2) is 13.4 Å². The summed E-state index contributed by atoms with van der Waals surface area (Å²) in [5, 5.41) is 3.35. The van der Waals surface area contributed by atoms with Crippen LogP contribution in [0.25, 0.3) is 0 Å². The van der Waals surface area contributed by atoms with Crippen LogP contribution in [-0.4, -0.2) is 46.0 Å². The van der Waals surface area contributed by atoms with Gasteiger partial charge < -0.3 is 14.4 Å². The van der Waals surface area contributed by atoms with E-state index < -0.39 is 9.84 Å². The molecule has 33 heavy (non-hydrogen) atoms. The first-order valence-electron chi connectivity index (χ1n) is 10.7. The standard InChI is InChI=1S/C24H27BrN2O4S2/c1-30-20-5-8-23(31-2)18(14-20)13-19-16-32-24(26-19)27-11-9-22(10-12-27)33(28,29)21-6-3-17(15-25)4-7-21/h3-8,14,16,22H,9-13,15H2,1-2H3. The third kappa shape index (κ3) is 5.36. The molecule has 0 bridgehead atoms. The lowest BCUT2D eigenvalue weighted by molar-refractivity contribution is 0.399. The fourth-order valence-corrected chi connectivity index (χ4v) is 7.04. The molecule has 9 heteroatoms. The molecule has 0 unspecified atom stereocenters. The van der Waals surface area contributed by atoms with Crippen LogP contribution in [0.4, 0.5) is 5.13 Å². The fraction of sp³-hybridized carbons (Fsp3) is 0.375. The first kappa shape index (κ1) is 24.0. The van der Waals surface area contributed by atoms with Crippen molar-refractivity contribution in [2.24, 2.45) is 0 Å². The van der Waals surface area contributed by atoms with Crippen LogP contribution in [0.1, 0.15) is 29.7 Å². The van der Waals surface area contributed by atoms with Gasteiger partial charge in [0.25, 0.3) is 0 Å². The van der Waals surface area contributed by atoms with Crippen LogP contribution in [0.15, 0.2) is 52.7 Å². The number of nitrogens with zero attached hydrogens (tertiary/aromatic N) is 2. The van der Waals surface area contributed by atoms with Crippen molar-refractivity contribution >= 4 is 42.2 Å². The molecule has 1 aliphatic heterocycles. The predicted molar refractivity (Wildman–Crippen MR) is 136 cm³/mol. The molecule has 2 heterocycles. The maximum Gasteiger partial charge on any atom is 0.185 e. The van der Waals surface area contributed by atoms with E-state index in [1.165, 1.54) is 0 Å². The van der Waals surface area contributed by atoms with Crippen LogP contribution in [0.5, 0.6) is 11.5 Å². The molecule has 1 saturated heterocycles. The van der Waals surface area contributed by atoms with Crippen molar-refractivity contribution in [3.63, 3.8) is 0 Å². The highest BCUT2D eigenvalue weighted by molar-refractivity contribution is 9.08. The van der Waals surface area contributed by atoms with Crippen LogP contribution in [0.2, 0.25) is 0 Å².